The first kappa shape index (κ1) is 10.4. The van der Waals surface area contributed by atoms with E-state index in [0.717, 1.165) is 25.8 Å². The van der Waals surface area contributed by atoms with Crippen LogP contribution >= 0.6 is 0 Å². The van der Waals surface area contributed by atoms with Crippen molar-refractivity contribution >= 4 is 5.78 Å². The molecular weight excluding hydrogens is 190 g/mol. The minimum absolute atomic E-state index is 0.173. The number of hydrogen-bond acceptors (Lipinski definition) is 3. The molecule has 1 aromatic heterocycles. The lowest BCUT2D eigenvalue weighted by Crippen LogP contribution is -2.25. The first-order chi connectivity index (χ1) is 7.22. The quantitative estimate of drug-likeness (QED) is 0.738. The zero-order valence-corrected chi connectivity index (χ0v) is 9.07. The molecule has 0 unspecified atom stereocenters. The van der Waals surface area contributed by atoms with Gasteiger partial charge in [-0.25, -0.2) is 0 Å². The molecule has 0 radical (unpaired) electrons. The maximum atomic E-state index is 12.0. The van der Waals surface area contributed by atoms with Gasteiger partial charge in [-0.3, -0.25) is 9.48 Å². The maximum absolute atomic E-state index is 12.0. The van der Waals surface area contributed by atoms with Crippen LogP contribution in [-0.4, -0.2) is 22.1 Å². The van der Waals surface area contributed by atoms with Crippen LogP contribution < -0.4 is 5.73 Å². The number of rotatable bonds is 5. The summed E-state index contributed by atoms with van der Waals surface area (Å²) < 4.78 is 1.82. The number of hydrogen-bond donors (Lipinski definition) is 1. The van der Waals surface area contributed by atoms with E-state index < -0.39 is 0 Å². The van der Waals surface area contributed by atoms with Crippen molar-refractivity contribution in [1.29, 1.82) is 0 Å². The summed E-state index contributed by atoms with van der Waals surface area (Å²) in [7, 11) is 0. The summed E-state index contributed by atoms with van der Waals surface area (Å²) in [5.74, 6) is 0.173. The Labute approximate surface area is 89.5 Å². The van der Waals surface area contributed by atoms with Crippen molar-refractivity contribution in [3.8, 4) is 0 Å². The van der Waals surface area contributed by atoms with Crippen molar-refractivity contribution < 1.29 is 4.79 Å². The van der Waals surface area contributed by atoms with E-state index in [9.17, 15) is 4.79 Å². The third-order valence-electron chi connectivity index (χ3n) is 3.07. The van der Waals surface area contributed by atoms with Gasteiger partial charge in [0.15, 0.2) is 5.78 Å². The smallest absolute Gasteiger partial charge is 0.173 e. The Bertz CT molecular complexity index is 366. The Morgan fingerprint density at radius 1 is 1.67 bits per heavy atom. The van der Waals surface area contributed by atoms with Crippen molar-refractivity contribution in [3.63, 3.8) is 0 Å². The molecule has 4 heteroatoms. The van der Waals surface area contributed by atoms with Gasteiger partial charge in [-0.1, -0.05) is 6.92 Å². The Morgan fingerprint density at radius 3 is 2.93 bits per heavy atom. The van der Waals surface area contributed by atoms with Crippen LogP contribution in [0.15, 0.2) is 12.4 Å². The largest absolute Gasteiger partial charge is 0.329 e. The molecule has 1 aliphatic rings. The molecule has 0 saturated heterocycles. The highest BCUT2D eigenvalue weighted by Gasteiger charge is 2.48. The second-order valence-electron chi connectivity index (χ2n) is 4.31. The van der Waals surface area contributed by atoms with Gasteiger partial charge in [-0.05, 0) is 19.3 Å². The maximum Gasteiger partial charge on any atom is 0.173 e. The lowest BCUT2D eigenvalue weighted by Gasteiger charge is -2.08. The van der Waals surface area contributed by atoms with E-state index in [1.165, 1.54) is 0 Å². The Balaban J connectivity index is 2.12. The van der Waals surface area contributed by atoms with Crippen LogP contribution in [0.5, 0.6) is 0 Å². The molecule has 1 aromatic rings. The average molecular weight is 207 g/mol. The number of carbonyl (C=O) groups is 1. The Hall–Kier alpha value is -1.16. The molecule has 1 aliphatic carbocycles. The fourth-order valence-corrected chi connectivity index (χ4v) is 1.81. The fourth-order valence-electron chi connectivity index (χ4n) is 1.81. The van der Waals surface area contributed by atoms with Crippen LogP contribution in [0.4, 0.5) is 0 Å². The van der Waals surface area contributed by atoms with E-state index in [1.807, 2.05) is 10.9 Å². The summed E-state index contributed by atoms with van der Waals surface area (Å²) in [6.45, 7) is 3.42. The van der Waals surface area contributed by atoms with Crippen molar-refractivity contribution in [1.82, 2.24) is 9.78 Å². The first-order valence-electron chi connectivity index (χ1n) is 5.49. The molecular formula is C11H17N3O. The predicted octanol–water partition coefficient (Wildman–Crippen LogP) is 1.21. The number of nitrogens with two attached hydrogens (primary N) is 1. The highest BCUT2D eigenvalue weighted by molar-refractivity contribution is 6.02. The lowest BCUT2D eigenvalue weighted by atomic mass is 9.97. The zero-order valence-electron chi connectivity index (χ0n) is 9.07. The third-order valence-corrected chi connectivity index (χ3v) is 3.07. The van der Waals surface area contributed by atoms with Crippen molar-refractivity contribution in [2.45, 2.75) is 32.7 Å². The van der Waals surface area contributed by atoms with E-state index in [4.69, 9.17) is 5.73 Å². The summed E-state index contributed by atoms with van der Waals surface area (Å²) in [4.78, 5) is 12.0. The molecule has 0 aliphatic heterocycles. The number of nitrogens with zero attached hydrogens (tertiary/aromatic N) is 2. The van der Waals surface area contributed by atoms with Gasteiger partial charge >= 0.3 is 0 Å². The molecule has 2 N–H and O–H groups in total. The first-order valence-corrected chi connectivity index (χ1v) is 5.49. The molecule has 82 valence electrons. The summed E-state index contributed by atoms with van der Waals surface area (Å²) in [6.07, 6.45) is 6.38. The SMILES string of the molecule is CCCn1cc(C(=O)C2(CN)CC2)cn1. The highest BCUT2D eigenvalue weighted by Crippen LogP contribution is 2.47. The zero-order chi connectivity index (χ0) is 10.9. The Morgan fingerprint density at radius 2 is 2.40 bits per heavy atom. The van der Waals surface area contributed by atoms with Gasteiger partial charge in [0.05, 0.1) is 11.8 Å². The number of Topliss-reactive ketones (excluding diaryl/α,β-unsaturated/α-hetero) is 1. The minimum atomic E-state index is -0.250. The van der Waals surface area contributed by atoms with Crippen molar-refractivity contribution in [2.24, 2.45) is 11.1 Å². The number of carbonyl (C=O) groups excluding carboxylic acids is 1. The number of ketones is 1. The number of aryl methyl sites for hydroxylation is 1. The standard InChI is InChI=1S/C11H17N3O/c1-2-5-14-7-9(6-13-14)10(15)11(8-12)3-4-11/h6-7H,2-5,8,12H2,1H3. The summed E-state index contributed by atoms with van der Waals surface area (Å²) >= 11 is 0. The molecule has 1 fully saturated rings. The molecule has 2 rings (SSSR count). The van der Waals surface area contributed by atoms with Crippen molar-refractivity contribution in [3.05, 3.63) is 18.0 Å². The van der Waals surface area contributed by atoms with Gasteiger partial charge in [0, 0.05) is 24.7 Å². The van der Waals surface area contributed by atoms with E-state index in [-0.39, 0.29) is 11.2 Å². The summed E-state index contributed by atoms with van der Waals surface area (Å²) in [5, 5.41) is 4.16. The van der Waals surface area contributed by atoms with Crippen molar-refractivity contribution in [2.75, 3.05) is 6.54 Å². The number of aromatic nitrogens is 2. The lowest BCUT2D eigenvalue weighted by molar-refractivity contribution is 0.0905. The molecule has 0 atom stereocenters. The highest BCUT2D eigenvalue weighted by atomic mass is 16.1. The Kier molecular flexibility index (Phi) is 2.61. The molecule has 0 amide bonds. The monoisotopic (exact) mass is 207 g/mol. The molecule has 0 spiro atoms. The topological polar surface area (TPSA) is 60.9 Å². The van der Waals surface area contributed by atoms with Crippen LogP contribution in [0.2, 0.25) is 0 Å². The van der Waals surface area contributed by atoms with E-state index in [0.29, 0.717) is 12.1 Å². The van der Waals surface area contributed by atoms with Crippen LogP contribution in [0, 0.1) is 5.41 Å². The molecule has 4 nitrogen and oxygen atoms in total. The molecule has 0 aromatic carbocycles. The van der Waals surface area contributed by atoms with Crippen LogP contribution in [0.1, 0.15) is 36.5 Å². The molecule has 15 heavy (non-hydrogen) atoms. The molecule has 1 heterocycles. The van der Waals surface area contributed by atoms with Gasteiger partial charge in [-0.15, -0.1) is 0 Å². The average Bonchev–Trinajstić information content (AvgIpc) is 2.92. The normalized spacial score (nSPS) is 17.7. The van der Waals surface area contributed by atoms with E-state index >= 15 is 0 Å². The minimum Gasteiger partial charge on any atom is -0.329 e. The predicted molar refractivity (Wildman–Crippen MR) is 57.6 cm³/mol. The van der Waals surface area contributed by atoms with Gasteiger partial charge in [0.2, 0.25) is 0 Å². The third kappa shape index (κ3) is 1.81. The van der Waals surface area contributed by atoms with E-state index in [1.54, 1.807) is 6.20 Å². The van der Waals surface area contributed by atoms with Crippen LogP contribution in [-0.2, 0) is 6.54 Å². The van der Waals surface area contributed by atoms with Crippen LogP contribution in [0.3, 0.4) is 0 Å². The molecule has 1 saturated carbocycles. The second-order valence-corrected chi connectivity index (χ2v) is 4.31. The van der Waals surface area contributed by atoms with Gasteiger partial charge in [0.1, 0.15) is 0 Å². The van der Waals surface area contributed by atoms with Crippen LogP contribution in [0.25, 0.3) is 0 Å². The fraction of sp³-hybridized carbons (Fsp3) is 0.636. The van der Waals surface area contributed by atoms with Gasteiger partial charge in [0.25, 0.3) is 0 Å². The van der Waals surface area contributed by atoms with Gasteiger partial charge in [-0.2, -0.15) is 5.10 Å². The molecule has 0 bridgehead atoms. The second kappa shape index (κ2) is 3.77. The summed E-state index contributed by atoms with van der Waals surface area (Å²) in [6, 6.07) is 0. The summed E-state index contributed by atoms with van der Waals surface area (Å²) in [5.41, 5.74) is 6.09. The van der Waals surface area contributed by atoms with E-state index in [2.05, 4.69) is 12.0 Å². The van der Waals surface area contributed by atoms with Gasteiger partial charge < -0.3 is 5.73 Å².